The third-order valence-electron chi connectivity index (χ3n) is 3.79. The minimum atomic E-state index is -0.475. The number of amides is 1. The zero-order valence-electron chi connectivity index (χ0n) is 15.1. The molecule has 2 aromatic carbocycles. The van der Waals surface area contributed by atoms with Crippen molar-refractivity contribution in [3.63, 3.8) is 0 Å². The molecule has 0 aliphatic rings. The molecule has 1 aromatic heterocycles. The van der Waals surface area contributed by atoms with Crippen LogP contribution >= 0.6 is 22.9 Å². The summed E-state index contributed by atoms with van der Waals surface area (Å²) in [5.41, 5.74) is 1.94. The molecule has 144 valence electrons. The summed E-state index contributed by atoms with van der Waals surface area (Å²) >= 11 is 7.10. The first kappa shape index (κ1) is 19.9. The lowest BCUT2D eigenvalue weighted by Gasteiger charge is -2.09. The van der Waals surface area contributed by atoms with E-state index < -0.39 is 5.97 Å². The number of carbonyl (C=O) groups excluding carboxylic acids is 2. The highest BCUT2D eigenvalue weighted by Crippen LogP contribution is 2.36. The van der Waals surface area contributed by atoms with Gasteiger partial charge in [-0.2, -0.15) is 0 Å². The number of anilines is 1. The molecule has 0 fully saturated rings. The molecule has 0 aliphatic heterocycles. The third-order valence-corrected chi connectivity index (χ3v) is 4.94. The van der Waals surface area contributed by atoms with Crippen molar-refractivity contribution in [2.24, 2.45) is 0 Å². The number of benzene rings is 2. The molecule has 0 unspecified atom stereocenters. The standard InChI is InChI=1S/C21H18ClNO4S/c1-2-26-21(25)19-17(14-6-4-3-5-7-14)13-28-20(19)23-18(24)12-27-16-10-8-15(22)9-11-16/h3-11,13H,2,12H2,1H3,(H,23,24). The topological polar surface area (TPSA) is 64.6 Å². The molecule has 0 aliphatic carbocycles. The number of hydrogen-bond donors (Lipinski definition) is 1. The Morgan fingerprint density at radius 2 is 1.79 bits per heavy atom. The molecule has 3 aromatic rings. The Labute approximate surface area is 171 Å². The summed E-state index contributed by atoms with van der Waals surface area (Å²) in [6.45, 7) is 1.79. The van der Waals surface area contributed by atoms with Crippen molar-refractivity contribution in [3.8, 4) is 16.9 Å². The van der Waals surface area contributed by atoms with Gasteiger partial charge in [-0.1, -0.05) is 41.9 Å². The van der Waals surface area contributed by atoms with Crippen LogP contribution in [0.5, 0.6) is 5.75 Å². The van der Waals surface area contributed by atoms with Crippen molar-refractivity contribution in [1.29, 1.82) is 0 Å². The molecule has 1 heterocycles. The zero-order valence-corrected chi connectivity index (χ0v) is 16.7. The van der Waals surface area contributed by atoms with Gasteiger partial charge in [-0.3, -0.25) is 4.79 Å². The summed E-state index contributed by atoms with van der Waals surface area (Å²) in [7, 11) is 0. The maximum absolute atomic E-state index is 12.5. The van der Waals surface area contributed by atoms with Crippen molar-refractivity contribution in [1.82, 2.24) is 0 Å². The Morgan fingerprint density at radius 1 is 1.07 bits per heavy atom. The molecule has 5 nitrogen and oxygen atoms in total. The van der Waals surface area contributed by atoms with Crippen LogP contribution in [-0.4, -0.2) is 25.1 Å². The lowest BCUT2D eigenvalue weighted by Crippen LogP contribution is -2.21. The highest BCUT2D eigenvalue weighted by molar-refractivity contribution is 7.15. The SMILES string of the molecule is CCOC(=O)c1c(-c2ccccc2)csc1NC(=O)COc1ccc(Cl)cc1. The van der Waals surface area contributed by atoms with Crippen LogP contribution in [0.4, 0.5) is 5.00 Å². The normalized spacial score (nSPS) is 10.4. The number of carbonyl (C=O) groups is 2. The molecule has 0 radical (unpaired) electrons. The van der Waals surface area contributed by atoms with Crippen LogP contribution in [0.25, 0.3) is 11.1 Å². The van der Waals surface area contributed by atoms with E-state index in [0.29, 0.717) is 21.3 Å². The van der Waals surface area contributed by atoms with E-state index in [1.807, 2.05) is 35.7 Å². The van der Waals surface area contributed by atoms with Crippen molar-refractivity contribution >= 4 is 39.8 Å². The van der Waals surface area contributed by atoms with Gasteiger partial charge < -0.3 is 14.8 Å². The van der Waals surface area contributed by atoms with Crippen LogP contribution in [0.3, 0.4) is 0 Å². The quantitative estimate of drug-likeness (QED) is 0.534. The predicted octanol–water partition coefficient (Wildman–Crippen LogP) is 5.26. The van der Waals surface area contributed by atoms with Crippen LogP contribution in [0, 0.1) is 0 Å². The Morgan fingerprint density at radius 3 is 2.46 bits per heavy atom. The second kappa shape index (κ2) is 9.39. The minimum Gasteiger partial charge on any atom is -0.484 e. The first-order chi connectivity index (χ1) is 13.6. The van der Waals surface area contributed by atoms with Crippen LogP contribution < -0.4 is 10.1 Å². The molecular formula is C21H18ClNO4S. The average molecular weight is 416 g/mol. The van der Waals surface area contributed by atoms with Crippen LogP contribution in [0.1, 0.15) is 17.3 Å². The van der Waals surface area contributed by atoms with Crippen LogP contribution in [0.15, 0.2) is 60.0 Å². The van der Waals surface area contributed by atoms with E-state index >= 15 is 0 Å². The third kappa shape index (κ3) is 4.91. The number of halogens is 1. The molecule has 0 atom stereocenters. The number of ether oxygens (including phenoxy) is 2. The van der Waals surface area contributed by atoms with Gasteiger partial charge in [0.1, 0.15) is 16.3 Å². The summed E-state index contributed by atoms with van der Waals surface area (Å²) < 4.78 is 10.6. The van der Waals surface area contributed by atoms with E-state index in [2.05, 4.69) is 5.32 Å². The predicted molar refractivity (Wildman–Crippen MR) is 111 cm³/mol. The van der Waals surface area contributed by atoms with E-state index in [9.17, 15) is 9.59 Å². The fraction of sp³-hybridized carbons (Fsp3) is 0.143. The number of thiophene rings is 1. The second-order valence-corrected chi connectivity index (χ2v) is 7.05. The second-order valence-electron chi connectivity index (χ2n) is 5.73. The maximum Gasteiger partial charge on any atom is 0.341 e. The van der Waals surface area contributed by atoms with Gasteiger partial charge in [-0.15, -0.1) is 11.3 Å². The molecular weight excluding hydrogens is 398 g/mol. The Balaban J connectivity index is 1.77. The van der Waals surface area contributed by atoms with Crippen LogP contribution in [-0.2, 0) is 9.53 Å². The van der Waals surface area contributed by atoms with E-state index in [-0.39, 0.29) is 19.1 Å². The van der Waals surface area contributed by atoms with Gasteiger partial charge in [0.15, 0.2) is 6.61 Å². The zero-order chi connectivity index (χ0) is 19.9. The van der Waals surface area contributed by atoms with Crippen molar-refractivity contribution in [2.75, 3.05) is 18.5 Å². The molecule has 0 saturated carbocycles. The molecule has 0 spiro atoms. The van der Waals surface area contributed by atoms with Gasteiger partial charge in [-0.05, 0) is 36.8 Å². The highest BCUT2D eigenvalue weighted by Gasteiger charge is 2.22. The highest BCUT2D eigenvalue weighted by atomic mass is 35.5. The fourth-order valence-electron chi connectivity index (χ4n) is 2.53. The van der Waals surface area contributed by atoms with Gasteiger partial charge >= 0.3 is 5.97 Å². The molecule has 28 heavy (non-hydrogen) atoms. The monoisotopic (exact) mass is 415 g/mol. The van der Waals surface area contributed by atoms with E-state index in [4.69, 9.17) is 21.1 Å². The molecule has 1 amide bonds. The summed E-state index contributed by atoms with van der Waals surface area (Å²) in [6.07, 6.45) is 0. The maximum atomic E-state index is 12.5. The Bertz CT molecular complexity index is 954. The molecule has 3 rings (SSSR count). The number of nitrogens with one attached hydrogen (secondary N) is 1. The van der Waals surface area contributed by atoms with E-state index in [0.717, 1.165) is 11.1 Å². The van der Waals surface area contributed by atoms with Gasteiger partial charge in [0, 0.05) is 16.0 Å². The lowest BCUT2D eigenvalue weighted by atomic mass is 10.0. The Hall–Kier alpha value is -2.83. The van der Waals surface area contributed by atoms with Gasteiger partial charge in [0.25, 0.3) is 5.91 Å². The molecule has 7 heteroatoms. The Kier molecular flexibility index (Phi) is 6.68. The summed E-state index contributed by atoms with van der Waals surface area (Å²) in [5.74, 6) is -0.320. The summed E-state index contributed by atoms with van der Waals surface area (Å²) in [5, 5.41) is 5.60. The molecule has 0 bridgehead atoms. The number of esters is 1. The van der Waals surface area contributed by atoms with E-state index in [1.165, 1.54) is 11.3 Å². The van der Waals surface area contributed by atoms with E-state index in [1.54, 1.807) is 31.2 Å². The summed E-state index contributed by atoms with van der Waals surface area (Å²) in [6, 6.07) is 16.2. The van der Waals surface area contributed by atoms with Gasteiger partial charge in [0.05, 0.1) is 6.61 Å². The van der Waals surface area contributed by atoms with Crippen molar-refractivity contribution in [2.45, 2.75) is 6.92 Å². The van der Waals surface area contributed by atoms with Crippen LogP contribution in [0.2, 0.25) is 5.02 Å². The minimum absolute atomic E-state index is 0.192. The van der Waals surface area contributed by atoms with Gasteiger partial charge in [0.2, 0.25) is 0 Å². The first-order valence-corrected chi connectivity index (χ1v) is 9.86. The summed E-state index contributed by atoms with van der Waals surface area (Å²) in [4.78, 5) is 24.8. The lowest BCUT2D eigenvalue weighted by molar-refractivity contribution is -0.118. The van der Waals surface area contributed by atoms with Crippen molar-refractivity contribution in [3.05, 3.63) is 70.6 Å². The van der Waals surface area contributed by atoms with Crippen molar-refractivity contribution < 1.29 is 19.1 Å². The smallest absolute Gasteiger partial charge is 0.341 e. The first-order valence-electron chi connectivity index (χ1n) is 8.60. The largest absolute Gasteiger partial charge is 0.484 e. The molecule has 1 N–H and O–H groups in total. The molecule has 0 saturated heterocycles. The fourth-order valence-corrected chi connectivity index (χ4v) is 3.63. The average Bonchev–Trinajstić information content (AvgIpc) is 3.12. The number of hydrogen-bond acceptors (Lipinski definition) is 5. The van der Waals surface area contributed by atoms with Gasteiger partial charge in [-0.25, -0.2) is 4.79 Å². The number of rotatable bonds is 7.